The zero-order chi connectivity index (χ0) is 16.2. The number of hydrogen-bond donors (Lipinski definition) is 0. The van der Waals surface area contributed by atoms with Crippen LogP contribution in [0.5, 0.6) is 5.75 Å². The van der Waals surface area contributed by atoms with Crippen LogP contribution in [-0.4, -0.2) is 39.9 Å². The lowest BCUT2D eigenvalue weighted by Crippen LogP contribution is -2.37. The fraction of sp³-hybridized carbons (Fsp3) is 0.467. The zero-order valence-corrected chi connectivity index (χ0v) is 13.0. The van der Waals surface area contributed by atoms with Crippen molar-refractivity contribution >= 4 is 11.4 Å². The molecule has 8 nitrogen and oxygen atoms in total. The van der Waals surface area contributed by atoms with Gasteiger partial charge in [-0.25, -0.2) is 4.98 Å². The molecule has 0 spiro atoms. The van der Waals surface area contributed by atoms with Crippen LogP contribution in [0, 0.1) is 16.0 Å². The van der Waals surface area contributed by atoms with Crippen molar-refractivity contribution < 1.29 is 9.66 Å². The van der Waals surface area contributed by atoms with E-state index in [1.807, 2.05) is 4.68 Å². The van der Waals surface area contributed by atoms with Crippen molar-refractivity contribution in [1.82, 2.24) is 14.8 Å². The van der Waals surface area contributed by atoms with Crippen molar-refractivity contribution in [3.8, 4) is 5.75 Å². The summed E-state index contributed by atoms with van der Waals surface area (Å²) in [5, 5.41) is 15.2. The molecule has 0 bridgehead atoms. The van der Waals surface area contributed by atoms with E-state index in [9.17, 15) is 10.1 Å². The molecule has 0 N–H and O–H groups in total. The van der Waals surface area contributed by atoms with Gasteiger partial charge in [-0.1, -0.05) is 0 Å². The van der Waals surface area contributed by atoms with Gasteiger partial charge in [0.05, 0.1) is 12.0 Å². The van der Waals surface area contributed by atoms with Gasteiger partial charge in [0.2, 0.25) is 0 Å². The zero-order valence-electron chi connectivity index (χ0n) is 13.0. The molecule has 0 aliphatic carbocycles. The average Bonchev–Trinajstić information content (AvgIpc) is 3.07. The first-order valence-corrected chi connectivity index (χ1v) is 7.57. The highest BCUT2D eigenvalue weighted by atomic mass is 16.6. The van der Waals surface area contributed by atoms with Gasteiger partial charge in [-0.2, -0.15) is 5.10 Å². The highest BCUT2D eigenvalue weighted by molar-refractivity contribution is 5.59. The lowest BCUT2D eigenvalue weighted by Gasteiger charge is -2.34. The molecule has 3 rings (SSSR count). The van der Waals surface area contributed by atoms with E-state index in [1.54, 1.807) is 24.8 Å². The molecule has 1 aromatic carbocycles. The highest BCUT2D eigenvalue weighted by Crippen LogP contribution is 2.33. The molecule has 1 saturated heterocycles. The molecule has 8 heteroatoms. The summed E-state index contributed by atoms with van der Waals surface area (Å²) in [7, 11) is 1.45. The number of nitro benzene ring substituents is 1. The Morgan fingerprint density at radius 1 is 1.48 bits per heavy atom. The number of methoxy groups -OCH3 is 1. The Morgan fingerprint density at radius 3 is 3.04 bits per heavy atom. The van der Waals surface area contributed by atoms with Gasteiger partial charge in [-0.15, -0.1) is 0 Å². The summed E-state index contributed by atoms with van der Waals surface area (Å²) in [6.07, 6.45) is 5.49. The molecule has 2 heterocycles. The van der Waals surface area contributed by atoms with Gasteiger partial charge in [-0.3, -0.25) is 14.8 Å². The first-order valence-electron chi connectivity index (χ1n) is 7.57. The number of aromatic nitrogens is 3. The first kappa shape index (κ1) is 15.3. The normalized spacial score (nSPS) is 18.0. The van der Waals surface area contributed by atoms with Gasteiger partial charge in [0.1, 0.15) is 12.7 Å². The third kappa shape index (κ3) is 3.41. The van der Waals surface area contributed by atoms with Gasteiger partial charge in [0.15, 0.2) is 5.75 Å². The second kappa shape index (κ2) is 6.64. The lowest BCUT2D eigenvalue weighted by molar-refractivity contribution is -0.385. The number of ether oxygens (including phenoxy) is 1. The summed E-state index contributed by atoms with van der Waals surface area (Å²) in [6.45, 7) is 2.66. The molecule has 0 saturated carbocycles. The van der Waals surface area contributed by atoms with Gasteiger partial charge in [0.25, 0.3) is 0 Å². The Morgan fingerprint density at radius 2 is 2.35 bits per heavy atom. The van der Waals surface area contributed by atoms with Crippen molar-refractivity contribution in [2.24, 2.45) is 5.92 Å². The minimum absolute atomic E-state index is 0.00701. The Balaban J connectivity index is 1.74. The number of rotatable bonds is 5. The largest absolute Gasteiger partial charge is 0.490 e. The minimum Gasteiger partial charge on any atom is -0.490 e. The third-order valence-electron chi connectivity index (χ3n) is 4.16. The first-order chi connectivity index (χ1) is 11.2. The Labute approximate surface area is 133 Å². The predicted octanol–water partition coefficient (Wildman–Crippen LogP) is 2.11. The molecule has 1 aliphatic rings. The summed E-state index contributed by atoms with van der Waals surface area (Å²) in [5.74, 6) is 0.775. The lowest BCUT2D eigenvalue weighted by atomic mass is 9.97. The molecular formula is C15H19N5O3. The predicted molar refractivity (Wildman–Crippen MR) is 84.6 cm³/mol. The van der Waals surface area contributed by atoms with E-state index < -0.39 is 4.92 Å². The summed E-state index contributed by atoms with van der Waals surface area (Å²) in [4.78, 5) is 16.8. The van der Waals surface area contributed by atoms with Crippen LogP contribution in [0.25, 0.3) is 0 Å². The Bertz CT molecular complexity index is 674. The molecule has 2 aromatic rings. The monoisotopic (exact) mass is 317 g/mol. The SMILES string of the molecule is COc1cc(N2CCCC(Cn3cncn3)C2)ccc1[N+](=O)[O-]. The maximum Gasteiger partial charge on any atom is 0.311 e. The van der Waals surface area contributed by atoms with Gasteiger partial charge < -0.3 is 9.64 Å². The average molecular weight is 317 g/mol. The van der Waals surface area contributed by atoms with Crippen LogP contribution >= 0.6 is 0 Å². The van der Waals surface area contributed by atoms with Crippen molar-refractivity contribution in [1.29, 1.82) is 0 Å². The molecule has 122 valence electrons. The van der Waals surface area contributed by atoms with Crippen LogP contribution in [0.3, 0.4) is 0 Å². The van der Waals surface area contributed by atoms with Crippen molar-refractivity contribution in [2.45, 2.75) is 19.4 Å². The molecule has 0 radical (unpaired) electrons. The molecular weight excluding hydrogens is 298 g/mol. The van der Waals surface area contributed by atoms with Crippen LogP contribution in [-0.2, 0) is 6.54 Å². The van der Waals surface area contributed by atoms with E-state index >= 15 is 0 Å². The van der Waals surface area contributed by atoms with E-state index in [0.29, 0.717) is 11.7 Å². The number of anilines is 1. The van der Waals surface area contributed by atoms with E-state index in [0.717, 1.165) is 38.2 Å². The standard InChI is InChI=1S/C15H19N5O3/c1-23-15-7-13(4-5-14(15)20(21)22)18-6-2-3-12(8-18)9-19-11-16-10-17-19/h4-5,7,10-12H,2-3,6,8-9H2,1H3. The summed E-state index contributed by atoms with van der Waals surface area (Å²) in [6, 6.07) is 5.05. The van der Waals surface area contributed by atoms with Crippen LogP contribution in [0.4, 0.5) is 11.4 Å². The molecule has 0 amide bonds. The molecule has 1 aliphatic heterocycles. The fourth-order valence-electron chi connectivity index (χ4n) is 3.05. The van der Waals surface area contributed by atoms with E-state index in [2.05, 4.69) is 15.0 Å². The van der Waals surface area contributed by atoms with E-state index in [1.165, 1.54) is 13.2 Å². The van der Waals surface area contributed by atoms with Gasteiger partial charge in [-0.05, 0) is 24.8 Å². The number of nitro groups is 1. The Kier molecular flexibility index (Phi) is 4.40. The highest BCUT2D eigenvalue weighted by Gasteiger charge is 2.23. The maximum atomic E-state index is 11.0. The van der Waals surface area contributed by atoms with Crippen molar-refractivity contribution in [2.75, 3.05) is 25.1 Å². The van der Waals surface area contributed by atoms with Gasteiger partial charge >= 0.3 is 5.69 Å². The van der Waals surface area contributed by atoms with Gasteiger partial charge in [0, 0.05) is 37.5 Å². The minimum atomic E-state index is -0.424. The number of nitrogens with zero attached hydrogens (tertiary/aromatic N) is 5. The van der Waals surface area contributed by atoms with E-state index in [-0.39, 0.29) is 5.69 Å². The van der Waals surface area contributed by atoms with Crippen molar-refractivity contribution in [3.05, 3.63) is 41.0 Å². The molecule has 1 fully saturated rings. The number of piperidine rings is 1. The summed E-state index contributed by atoms with van der Waals surface area (Å²) >= 11 is 0. The second-order valence-corrected chi connectivity index (χ2v) is 5.69. The number of benzene rings is 1. The van der Waals surface area contributed by atoms with Crippen LogP contribution in [0.15, 0.2) is 30.9 Å². The van der Waals surface area contributed by atoms with Crippen molar-refractivity contribution in [3.63, 3.8) is 0 Å². The number of hydrogen-bond acceptors (Lipinski definition) is 6. The maximum absolute atomic E-state index is 11.0. The van der Waals surface area contributed by atoms with Crippen LogP contribution in [0.2, 0.25) is 0 Å². The van der Waals surface area contributed by atoms with Crippen LogP contribution in [0.1, 0.15) is 12.8 Å². The third-order valence-corrected chi connectivity index (χ3v) is 4.16. The fourth-order valence-corrected chi connectivity index (χ4v) is 3.05. The molecule has 1 atom stereocenters. The second-order valence-electron chi connectivity index (χ2n) is 5.69. The molecule has 1 aromatic heterocycles. The summed E-state index contributed by atoms with van der Waals surface area (Å²) in [5.41, 5.74) is 0.947. The summed E-state index contributed by atoms with van der Waals surface area (Å²) < 4.78 is 7.01. The van der Waals surface area contributed by atoms with E-state index in [4.69, 9.17) is 4.74 Å². The topological polar surface area (TPSA) is 86.3 Å². The molecule has 23 heavy (non-hydrogen) atoms. The smallest absolute Gasteiger partial charge is 0.311 e. The molecule has 1 unspecified atom stereocenters. The quantitative estimate of drug-likeness (QED) is 0.620. The van der Waals surface area contributed by atoms with Crippen LogP contribution < -0.4 is 9.64 Å². The Hall–Kier alpha value is -2.64.